The zero-order valence-corrected chi connectivity index (χ0v) is 31.1. The van der Waals surface area contributed by atoms with E-state index in [0.29, 0.717) is 48.3 Å². The molecule has 4 heterocycles. The first-order chi connectivity index (χ1) is 24.4. The number of fused-ring (bicyclic) bond motifs is 2. The van der Waals surface area contributed by atoms with Crippen molar-refractivity contribution >= 4 is 62.6 Å². The van der Waals surface area contributed by atoms with Crippen LogP contribution in [0.3, 0.4) is 0 Å². The van der Waals surface area contributed by atoms with Crippen molar-refractivity contribution in [2.75, 3.05) is 57.5 Å². The fourth-order valence-corrected chi connectivity index (χ4v) is 6.13. The van der Waals surface area contributed by atoms with Gasteiger partial charge in [-0.25, -0.2) is 0 Å². The van der Waals surface area contributed by atoms with Crippen LogP contribution < -0.4 is 32.9 Å². The first-order valence-corrected chi connectivity index (χ1v) is 17.8. The Balaban J connectivity index is 0.000000176. The quantitative estimate of drug-likeness (QED) is 0.171. The summed E-state index contributed by atoms with van der Waals surface area (Å²) in [4.78, 5) is 14.3. The summed E-state index contributed by atoms with van der Waals surface area (Å²) in [5, 5.41) is 2.26. The van der Waals surface area contributed by atoms with Gasteiger partial charge in [0.25, 0.3) is 0 Å². The van der Waals surface area contributed by atoms with E-state index in [0.717, 1.165) is 65.0 Å². The van der Waals surface area contributed by atoms with Crippen LogP contribution in [-0.4, -0.2) is 57.4 Å². The van der Waals surface area contributed by atoms with Gasteiger partial charge in [0, 0.05) is 35.7 Å². The molecule has 2 saturated heterocycles. The van der Waals surface area contributed by atoms with Crippen molar-refractivity contribution in [3.05, 3.63) is 130 Å². The van der Waals surface area contributed by atoms with Crippen LogP contribution in [0.1, 0.15) is 6.92 Å². The van der Waals surface area contributed by atoms with Crippen molar-refractivity contribution in [3.8, 4) is 22.3 Å². The number of benzene rings is 4. The van der Waals surface area contributed by atoms with Gasteiger partial charge < -0.3 is 35.6 Å². The molecule has 4 aromatic carbocycles. The second-order valence-corrected chi connectivity index (χ2v) is 13.6. The molecule has 6 aromatic rings. The van der Waals surface area contributed by atoms with E-state index in [1.165, 1.54) is 0 Å². The lowest BCUT2D eigenvalue weighted by Gasteiger charge is -2.27. The molecule has 8 rings (SSSR count). The lowest BCUT2D eigenvalue weighted by atomic mass is 10.0. The van der Waals surface area contributed by atoms with Crippen molar-refractivity contribution in [3.63, 3.8) is 0 Å². The van der Waals surface area contributed by atoms with Crippen molar-refractivity contribution in [2.24, 2.45) is 0 Å². The smallest absolute Gasteiger partial charge is 0.369 e. The predicted molar refractivity (Wildman–Crippen MR) is 205 cm³/mol. The van der Waals surface area contributed by atoms with Gasteiger partial charge in [-0.05, 0) is 30.2 Å². The van der Waals surface area contributed by atoms with E-state index in [4.69, 9.17) is 53.1 Å². The van der Waals surface area contributed by atoms with E-state index in [9.17, 15) is 4.79 Å². The van der Waals surface area contributed by atoms with Gasteiger partial charge in [0.05, 0.1) is 29.7 Å². The highest BCUT2D eigenvalue weighted by atomic mass is 35.5. The number of hydrogen-bond acceptors (Lipinski definition) is 6. The molecule has 0 N–H and O–H groups in total. The minimum atomic E-state index is -0.222. The summed E-state index contributed by atoms with van der Waals surface area (Å²) in [5.41, 5.74) is 6.42. The SMILES string of the molecule is CC(Cl)Cl.Clc1cc(=[N+]2CCOCC2)oc2c(-c3ccccc3)cccc12.O=c1cc(N2CCOCC2)oc2c(-c3ccccc3)cccc12.[Cl-]. The topological polar surface area (TPSA) is 68.1 Å². The zero-order chi connectivity index (χ0) is 34.9. The fourth-order valence-electron chi connectivity index (χ4n) is 5.89. The molecule has 11 heteroatoms. The molecule has 2 fully saturated rings. The van der Waals surface area contributed by atoms with Crippen LogP contribution in [0, 0.1) is 0 Å². The van der Waals surface area contributed by atoms with E-state index >= 15 is 0 Å². The molecule has 0 aliphatic carbocycles. The molecule has 0 radical (unpaired) electrons. The van der Waals surface area contributed by atoms with E-state index in [1.807, 2.05) is 84.9 Å². The maximum absolute atomic E-state index is 12.5. The lowest BCUT2D eigenvalue weighted by molar-refractivity contribution is -0.0000119. The molecule has 0 atom stereocenters. The summed E-state index contributed by atoms with van der Waals surface area (Å²) in [6, 6.07) is 35.5. The van der Waals surface area contributed by atoms with Crippen LogP contribution in [0.15, 0.2) is 123 Å². The van der Waals surface area contributed by atoms with Crippen LogP contribution in [-0.2, 0) is 9.47 Å². The van der Waals surface area contributed by atoms with Crippen LogP contribution in [0.5, 0.6) is 0 Å². The van der Waals surface area contributed by atoms with Gasteiger partial charge >= 0.3 is 5.55 Å². The van der Waals surface area contributed by atoms with E-state index in [2.05, 4.69) is 27.7 Å². The van der Waals surface area contributed by atoms with Gasteiger partial charge in [0.1, 0.15) is 29.2 Å². The molecular formula is C40H38Cl4N2O5. The molecule has 51 heavy (non-hydrogen) atoms. The number of anilines is 1. The van der Waals surface area contributed by atoms with Gasteiger partial charge in [-0.1, -0.05) is 96.5 Å². The summed E-state index contributed by atoms with van der Waals surface area (Å²) < 4.78 is 25.4. The van der Waals surface area contributed by atoms with Crippen molar-refractivity contribution in [1.82, 2.24) is 4.58 Å². The molecule has 2 aromatic heterocycles. The number of rotatable bonds is 3. The largest absolute Gasteiger partial charge is 1.00 e. The van der Waals surface area contributed by atoms with Gasteiger partial charge in [-0.2, -0.15) is 4.58 Å². The second kappa shape index (κ2) is 18.6. The van der Waals surface area contributed by atoms with Crippen LogP contribution >= 0.6 is 34.8 Å². The van der Waals surface area contributed by atoms with Gasteiger partial charge in [0.2, 0.25) is 0 Å². The van der Waals surface area contributed by atoms with Crippen LogP contribution in [0.4, 0.5) is 5.88 Å². The summed E-state index contributed by atoms with van der Waals surface area (Å²) >= 11 is 16.6. The van der Waals surface area contributed by atoms with E-state index in [-0.39, 0.29) is 22.7 Å². The molecule has 0 bridgehead atoms. The van der Waals surface area contributed by atoms with E-state index in [1.54, 1.807) is 13.0 Å². The van der Waals surface area contributed by atoms with Gasteiger partial charge in [-0.15, -0.1) is 23.2 Å². The summed E-state index contributed by atoms with van der Waals surface area (Å²) in [7, 11) is 0. The third kappa shape index (κ3) is 9.74. The number of hydrogen-bond donors (Lipinski definition) is 0. The lowest BCUT2D eigenvalue weighted by Crippen LogP contribution is -3.00. The summed E-state index contributed by atoms with van der Waals surface area (Å²) in [6.45, 7) is 7.55. The first kappa shape index (κ1) is 38.4. The zero-order valence-electron chi connectivity index (χ0n) is 28.1. The van der Waals surface area contributed by atoms with Crippen molar-refractivity contribution < 1.29 is 30.7 Å². The number of morpholine rings is 2. The van der Waals surface area contributed by atoms with Crippen LogP contribution in [0.2, 0.25) is 5.02 Å². The first-order valence-electron chi connectivity index (χ1n) is 16.6. The van der Waals surface area contributed by atoms with Crippen molar-refractivity contribution in [2.45, 2.75) is 11.8 Å². The molecular weight excluding hydrogens is 730 g/mol. The third-order valence-electron chi connectivity index (χ3n) is 8.29. The Morgan fingerprint density at radius 1 is 0.667 bits per heavy atom. The molecule has 0 spiro atoms. The molecule has 266 valence electrons. The Morgan fingerprint density at radius 2 is 1.18 bits per heavy atom. The standard InChI is InChI=1S/C19H17ClNO2.C19H17NO3.C2H4Cl2.ClH/c20-17-13-18(21-9-11-22-12-10-21)23-19-15(7-4-8-16(17)19)14-5-2-1-3-6-14;21-17-13-18(20-9-11-22-12-10-20)23-19-15(7-4-8-16(17)19)14-5-2-1-3-6-14;1-2(3)4;/h2*1-8,13H,9-12H2;2H,1H3;1H/q+1;;;/p-1. The van der Waals surface area contributed by atoms with Gasteiger partial charge in [-0.3, -0.25) is 4.79 Å². The normalized spacial score (nSPS) is 14.3. The molecule has 2 aliphatic rings. The average molecular weight is 769 g/mol. The monoisotopic (exact) mass is 766 g/mol. The Kier molecular flexibility index (Phi) is 14.0. The van der Waals surface area contributed by atoms with Crippen LogP contribution in [0.25, 0.3) is 44.2 Å². The third-order valence-corrected chi connectivity index (χ3v) is 8.60. The molecule has 0 unspecified atom stereocenters. The molecule has 7 nitrogen and oxygen atoms in total. The minimum Gasteiger partial charge on any atom is -1.00 e. The second-order valence-electron chi connectivity index (χ2n) is 11.7. The van der Waals surface area contributed by atoms with Gasteiger partial charge in [0.15, 0.2) is 24.4 Å². The summed E-state index contributed by atoms with van der Waals surface area (Å²) in [6.07, 6.45) is 0. The number of para-hydroxylation sites is 2. The molecule has 0 saturated carbocycles. The Labute approximate surface area is 318 Å². The highest BCUT2D eigenvalue weighted by Gasteiger charge is 2.18. The average Bonchev–Trinajstić information content (AvgIpc) is 3.16. The number of halogens is 4. The maximum Gasteiger partial charge on any atom is 0.369 e. The molecule has 0 amide bonds. The Bertz CT molecular complexity index is 2160. The minimum absolute atomic E-state index is 0. The fraction of sp³-hybridized carbons (Fsp3) is 0.250. The van der Waals surface area contributed by atoms with Crippen molar-refractivity contribution in [1.29, 1.82) is 0 Å². The Morgan fingerprint density at radius 3 is 1.75 bits per heavy atom. The predicted octanol–water partition coefficient (Wildman–Crippen LogP) is 5.67. The summed E-state index contributed by atoms with van der Waals surface area (Å²) in [5.74, 6) is 0.620. The maximum atomic E-state index is 12.5. The number of ether oxygens (including phenoxy) is 2. The Hall–Kier alpha value is -3.82. The molecule has 2 aliphatic heterocycles. The highest BCUT2D eigenvalue weighted by Crippen LogP contribution is 2.32. The van der Waals surface area contributed by atoms with E-state index < -0.39 is 0 Å². The highest BCUT2D eigenvalue weighted by molar-refractivity contribution is 6.43. The number of nitrogens with zero attached hydrogens (tertiary/aromatic N) is 2. The number of alkyl halides is 2.